The molecule has 1 fully saturated rings. The summed E-state index contributed by atoms with van der Waals surface area (Å²) in [5.41, 5.74) is 7.57. The van der Waals surface area contributed by atoms with Gasteiger partial charge in [0.25, 0.3) is 0 Å². The molecular formula is C7H13F2N3. The van der Waals surface area contributed by atoms with Crippen LogP contribution in [-0.4, -0.2) is 5.92 Å². The fourth-order valence-electron chi connectivity index (χ4n) is 1.56. The van der Waals surface area contributed by atoms with Crippen molar-refractivity contribution in [1.29, 1.82) is 0 Å². The van der Waals surface area contributed by atoms with Gasteiger partial charge in [-0.05, 0) is 0 Å². The van der Waals surface area contributed by atoms with Crippen molar-refractivity contribution in [1.82, 2.24) is 5.43 Å². The Bertz CT molecular complexity index is 205. The summed E-state index contributed by atoms with van der Waals surface area (Å²) in [5.74, 6) is 2.42. The average molecular weight is 177 g/mol. The Hall–Kier alpha value is -0.840. The van der Waals surface area contributed by atoms with E-state index in [1.165, 1.54) is 6.20 Å². The second kappa shape index (κ2) is 2.58. The topological polar surface area (TPSA) is 64.1 Å². The summed E-state index contributed by atoms with van der Waals surface area (Å²) in [5, 5.41) is 0. The lowest BCUT2D eigenvalue weighted by Gasteiger charge is -2.45. The molecule has 0 aliphatic heterocycles. The van der Waals surface area contributed by atoms with Gasteiger partial charge in [-0.2, -0.15) is 0 Å². The van der Waals surface area contributed by atoms with E-state index in [9.17, 15) is 8.78 Å². The van der Waals surface area contributed by atoms with Crippen LogP contribution in [0.4, 0.5) is 8.78 Å². The maximum absolute atomic E-state index is 12.5. The lowest BCUT2D eigenvalue weighted by Crippen LogP contribution is -2.47. The smallest absolute Gasteiger partial charge is 0.250 e. The van der Waals surface area contributed by atoms with E-state index in [4.69, 9.17) is 11.6 Å². The van der Waals surface area contributed by atoms with Crippen LogP contribution in [0.25, 0.3) is 0 Å². The summed E-state index contributed by atoms with van der Waals surface area (Å²) in [7, 11) is 0. The van der Waals surface area contributed by atoms with Gasteiger partial charge in [-0.3, -0.25) is 5.84 Å². The third-order valence-corrected chi connectivity index (χ3v) is 2.23. The van der Waals surface area contributed by atoms with Crippen molar-refractivity contribution in [2.45, 2.75) is 25.7 Å². The van der Waals surface area contributed by atoms with Crippen LogP contribution in [0.2, 0.25) is 0 Å². The van der Waals surface area contributed by atoms with Crippen LogP contribution in [0.1, 0.15) is 19.8 Å². The number of rotatable bonds is 2. The van der Waals surface area contributed by atoms with Gasteiger partial charge in [-0.25, -0.2) is 8.78 Å². The molecule has 1 aliphatic carbocycles. The molecule has 0 aromatic heterocycles. The van der Waals surface area contributed by atoms with Crippen molar-refractivity contribution in [3.05, 3.63) is 11.9 Å². The Morgan fingerprint density at radius 3 is 2.33 bits per heavy atom. The molecule has 1 aliphatic rings. The highest BCUT2D eigenvalue weighted by molar-refractivity contribution is 5.16. The average Bonchev–Trinajstić information content (AvgIpc) is 1.83. The second-order valence-corrected chi connectivity index (χ2v) is 3.54. The molecule has 0 amide bonds. The normalized spacial score (nSPS) is 26.2. The SMILES string of the molecule is CC1(/C(N)=C/NN)CC(F)(F)C1. The molecule has 1 rings (SSSR count). The third-order valence-electron chi connectivity index (χ3n) is 2.23. The summed E-state index contributed by atoms with van der Waals surface area (Å²) >= 11 is 0. The van der Waals surface area contributed by atoms with E-state index >= 15 is 0 Å². The largest absolute Gasteiger partial charge is 0.400 e. The van der Waals surface area contributed by atoms with Gasteiger partial charge in [0.2, 0.25) is 5.92 Å². The Balaban J connectivity index is 2.60. The highest BCUT2D eigenvalue weighted by atomic mass is 19.3. The van der Waals surface area contributed by atoms with Gasteiger partial charge in [0, 0.05) is 30.2 Å². The number of alkyl halides is 2. The van der Waals surface area contributed by atoms with Crippen molar-refractivity contribution in [2.75, 3.05) is 0 Å². The molecule has 0 bridgehead atoms. The zero-order valence-corrected chi connectivity index (χ0v) is 6.90. The van der Waals surface area contributed by atoms with Crippen LogP contribution < -0.4 is 17.0 Å². The molecule has 70 valence electrons. The highest BCUT2D eigenvalue weighted by Crippen LogP contribution is 2.54. The standard InChI is InChI=1S/C7H13F2N3/c1-6(5(10)2-12-11)3-7(8,9)4-6/h2,12H,3-4,10-11H2,1H3/b5-2-. The number of nitrogens with two attached hydrogens (primary N) is 2. The van der Waals surface area contributed by atoms with Crippen molar-refractivity contribution in [3.63, 3.8) is 0 Å². The predicted molar refractivity (Wildman–Crippen MR) is 41.9 cm³/mol. The molecule has 0 heterocycles. The first-order valence-electron chi connectivity index (χ1n) is 3.70. The maximum Gasteiger partial charge on any atom is 0.250 e. The molecule has 1 saturated carbocycles. The minimum atomic E-state index is -2.55. The zero-order chi connectivity index (χ0) is 9.41. The van der Waals surface area contributed by atoms with Crippen LogP contribution in [-0.2, 0) is 0 Å². The van der Waals surface area contributed by atoms with Gasteiger partial charge in [0.05, 0.1) is 0 Å². The monoisotopic (exact) mass is 177 g/mol. The van der Waals surface area contributed by atoms with E-state index in [2.05, 4.69) is 5.43 Å². The quantitative estimate of drug-likeness (QED) is 0.429. The van der Waals surface area contributed by atoms with Crippen molar-refractivity contribution in [3.8, 4) is 0 Å². The lowest BCUT2D eigenvalue weighted by atomic mass is 9.66. The Kier molecular flexibility index (Phi) is 1.99. The van der Waals surface area contributed by atoms with Gasteiger partial charge in [0.1, 0.15) is 0 Å². The predicted octanol–water partition coefficient (Wildman–Crippen LogP) is 0.685. The number of halogens is 2. The number of nitrogens with one attached hydrogen (secondary N) is 1. The van der Waals surface area contributed by atoms with Crippen LogP contribution in [0.5, 0.6) is 0 Å². The number of hydrogen-bond acceptors (Lipinski definition) is 3. The van der Waals surface area contributed by atoms with Crippen molar-refractivity contribution >= 4 is 0 Å². The van der Waals surface area contributed by atoms with E-state index in [-0.39, 0.29) is 12.8 Å². The van der Waals surface area contributed by atoms with Crippen LogP contribution >= 0.6 is 0 Å². The van der Waals surface area contributed by atoms with E-state index in [1.807, 2.05) is 0 Å². The van der Waals surface area contributed by atoms with E-state index in [0.717, 1.165) is 0 Å². The first-order valence-corrected chi connectivity index (χ1v) is 3.70. The summed E-state index contributed by atoms with van der Waals surface area (Å²) in [6.45, 7) is 1.70. The molecule has 0 atom stereocenters. The molecule has 0 aromatic rings. The van der Waals surface area contributed by atoms with Crippen molar-refractivity contribution in [2.24, 2.45) is 17.0 Å². The summed E-state index contributed by atoms with van der Waals surface area (Å²) in [4.78, 5) is 0. The van der Waals surface area contributed by atoms with E-state index in [1.54, 1.807) is 6.92 Å². The third kappa shape index (κ3) is 1.50. The van der Waals surface area contributed by atoms with Crippen LogP contribution in [0, 0.1) is 5.41 Å². The van der Waals surface area contributed by atoms with Crippen LogP contribution in [0.3, 0.4) is 0 Å². The first kappa shape index (κ1) is 9.25. The number of hydrazine groups is 1. The van der Waals surface area contributed by atoms with Crippen molar-refractivity contribution < 1.29 is 8.78 Å². The molecule has 0 spiro atoms. The fraction of sp³-hybridized carbons (Fsp3) is 0.714. The summed E-state index contributed by atoms with van der Waals surface area (Å²) < 4.78 is 25.0. The second-order valence-electron chi connectivity index (χ2n) is 3.54. The Labute approximate surface area is 69.8 Å². The molecule has 0 saturated heterocycles. The van der Waals surface area contributed by atoms with Gasteiger partial charge in [0.15, 0.2) is 0 Å². The lowest BCUT2D eigenvalue weighted by molar-refractivity contribution is -0.139. The number of allylic oxidation sites excluding steroid dienone is 1. The molecule has 12 heavy (non-hydrogen) atoms. The van der Waals surface area contributed by atoms with Crippen LogP contribution in [0.15, 0.2) is 11.9 Å². The van der Waals surface area contributed by atoms with E-state index in [0.29, 0.717) is 5.70 Å². The fourth-order valence-corrected chi connectivity index (χ4v) is 1.56. The molecule has 5 heteroatoms. The number of hydrogen-bond donors (Lipinski definition) is 3. The van der Waals surface area contributed by atoms with Gasteiger partial charge in [-0.1, -0.05) is 6.92 Å². The Morgan fingerprint density at radius 1 is 1.50 bits per heavy atom. The van der Waals surface area contributed by atoms with E-state index < -0.39 is 11.3 Å². The first-order chi connectivity index (χ1) is 5.40. The zero-order valence-electron chi connectivity index (χ0n) is 6.90. The maximum atomic E-state index is 12.5. The minimum absolute atomic E-state index is 0.190. The summed E-state index contributed by atoms with van der Waals surface area (Å²) in [6.07, 6.45) is 0.975. The van der Waals surface area contributed by atoms with Gasteiger partial charge in [-0.15, -0.1) is 0 Å². The molecule has 0 radical (unpaired) electrons. The molecule has 0 unspecified atom stereocenters. The van der Waals surface area contributed by atoms with Gasteiger partial charge >= 0.3 is 0 Å². The van der Waals surface area contributed by atoms with Gasteiger partial charge < -0.3 is 11.2 Å². The Morgan fingerprint density at radius 2 is 2.00 bits per heavy atom. The molecular weight excluding hydrogens is 164 g/mol. The molecule has 0 aromatic carbocycles. The molecule has 3 nitrogen and oxygen atoms in total. The highest BCUT2D eigenvalue weighted by Gasteiger charge is 2.54. The minimum Gasteiger partial charge on any atom is -0.400 e. The summed E-state index contributed by atoms with van der Waals surface area (Å²) in [6, 6.07) is 0. The molecule has 5 N–H and O–H groups in total.